The van der Waals surface area contributed by atoms with Crippen LogP contribution in [0.5, 0.6) is 0 Å². The van der Waals surface area contributed by atoms with Crippen LogP contribution < -0.4 is 0 Å². The molecule has 1 radical (unpaired) electrons. The first-order chi connectivity index (χ1) is 5.76. The summed E-state index contributed by atoms with van der Waals surface area (Å²) in [4.78, 5) is 10.8. The summed E-state index contributed by atoms with van der Waals surface area (Å²) in [7, 11) is 0. The molecule has 1 rings (SSSR count). The van der Waals surface area contributed by atoms with Crippen LogP contribution in [-0.2, 0) is 10.0 Å². The molecular formula is C9H13INO2. The maximum absolute atomic E-state index is 11.8. The third-order valence-electron chi connectivity index (χ3n) is 2.57. The number of carbonyl (C=O) groups excluding carboxylic acids is 1. The van der Waals surface area contributed by atoms with Crippen molar-refractivity contribution >= 4 is 28.9 Å². The van der Waals surface area contributed by atoms with Gasteiger partial charge in [0.1, 0.15) is 6.29 Å². The van der Waals surface area contributed by atoms with Gasteiger partial charge in [-0.3, -0.25) is 4.79 Å². The van der Waals surface area contributed by atoms with E-state index in [4.69, 9.17) is 0 Å². The first-order valence-electron chi connectivity index (χ1n) is 4.09. The van der Waals surface area contributed by atoms with Crippen molar-refractivity contribution in [3.05, 3.63) is 9.15 Å². The van der Waals surface area contributed by atoms with Gasteiger partial charge in [-0.25, -0.2) is 0 Å². The average Bonchev–Trinajstić information content (AvgIpc) is 2.12. The molecule has 0 spiro atoms. The van der Waals surface area contributed by atoms with Gasteiger partial charge >= 0.3 is 0 Å². The number of aldehydes is 1. The van der Waals surface area contributed by atoms with Gasteiger partial charge in [0.25, 0.3) is 0 Å². The Bertz CT molecular complexity index is 281. The SMILES string of the molecule is CC1(C)C(I)=C(C=O)C(C)(C)N1[O]. The van der Waals surface area contributed by atoms with Crippen molar-refractivity contribution in [3.8, 4) is 0 Å². The third-order valence-corrected chi connectivity index (χ3v) is 4.47. The fourth-order valence-corrected chi connectivity index (χ4v) is 2.70. The first kappa shape index (κ1) is 11.1. The minimum absolute atomic E-state index is 0.569. The predicted molar refractivity (Wildman–Crippen MR) is 57.8 cm³/mol. The average molecular weight is 294 g/mol. The molecule has 73 valence electrons. The fraction of sp³-hybridized carbons (Fsp3) is 0.667. The summed E-state index contributed by atoms with van der Waals surface area (Å²) in [6, 6.07) is 0. The lowest BCUT2D eigenvalue weighted by atomic mass is 9.98. The van der Waals surface area contributed by atoms with Crippen molar-refractivity contribution in [2.24, 2.45) is 0 Å². The molecule has 0 aromatic heterocycles. The van der Waals surface area contributed by atoms with Gasteiger partial charge in [0.05, 0.1) is 11.1 Å². The van der Waals surface area contributed by atoms with E-state index in [1.54, 1.807) is 13.8 Å². The van der Waals surface area contributed by atoms with Crippen LogP contribution in [0.2, 0.25) is 0 Å². The van der Waals surface area contributed by atoms with Crippen LogP contribution in [0.3, 0.4) is 0 Å². The predicted octanol–water partition coefficient (Wildman–Crippen LogP) is 2.09. The highest BCUT2D eigenvalue weighted by Crippen LogP contribution is 2.45. The zero-order valence-corrected chi connectivity index (χ0v) is 10.4. The standard InChI is InChI=1S/C9H13INO2/c1-8(2)6(5-12)7(10)9(3,4)11(8)13/h5H,1-4H3. The molecule has 1 aliphatic rings. The Hall–Kier alpha value is 0.0600. The van der Waals surface area contributed by atoms with Crippen molar-refractivity contribution in [1.29, 1.82) is 0 Å². The highest BCUT2D eigenvalue weighted by atomic mass is 127. The Morgan fingerprint density at radius 1 is 1.23 bits per heavy atom. The van der Waals surface area contributed by atoms with Gasteiger partial charge in [-0.15, -0.1) is 10.3 Å². The molecule has 0 N–H and O–H groups in total. The first-order valence-corrected chi connectivity index (χ1v) is 5.17. The quantitative estimate of drug-likeness (QED) is 0.549. The molecule has 13 heavy (non-hydrogen) atoms. The monoisotopic (exact) mass is 294 g/mol. The topological polar surface area (TPSA) is 40.2 Å². The van der Waals surface area contributed by atoms with Gasteiger partial charge in [-0.2, -0.15) is 0 Å². The second-order valence-electron chi connectivity index (χ2n) is 4.26. The molecule has 0 amide bonds. The smallest absolute Gasteiger partial charge is 0.148 e. The minimum atomic E-state index is -0.693. The maximum atomic E-state index is 11.8. The van der Waals surface area contributed by atoms with Crippen molar-refractivity contribution in [2.75, 3.05) is 0 Å². The number of hydroxylamine groups is 2. The molecule has 0 saturated carbocycles. The summed E-state index contributed by atoms with van der Waals surface area (Å²) in [5.74, 6) is 0. The van der Waals surface area contributed by atoms with Gasteiger partial charge in [0, 0.05) is 9.15 Å². The summed E-state index contributed by atoms with van der Waals surface area (Å²) in [5.41, 5.74) is -0.657. The highest BCUT2D eigenvalue weighted by Gasteiger charge is 2.50. The number of carbonyl (C=O) groups is 1. The molecule has 4 heteroatoms. The van der Waals surface area contributed by atoms with E-state index >= 15 is 0 Å². The molecule has 0 unspecified atom stereocenters. The normalized spacial score (nSPS) is 26.6. The van der Waals surface area contributed by atoms with Crippen molar-refractivity contribution in [1.82, 2.24) is 5.06 Å². The summed E-state index contributed by atoms with van der Waals surface area (Å²) < 4.78 is 0.847. The number of rotatable bonds is 1. The second kappa shape index (κ2) is 3.03. The number of nitrogens with zero attached hydrogens (tertiary/aromatic N) is 1. The van der Waals surface area contributed by atoms with E-state index in [1.807, 2.05) is 13.8 Å². The summed E-state index contributed by atoms with van der Waals surface area (Å²) in [5, 5.41) is 12.8. The van der Waals surface area contributed by atoms with Crippen LogP contribution in [0.15, 0.2) is 9.15 Å². The summed E-state index contributed by atoms with van der Waals surface area (Å²) in [6.45, 7) is 7.22. The lowest BCUT2D eigenvalue weighted by molar-refractivity contribution is -0.238. The van der Waals surface area contributed by atoms with Crippen LogP contribution in [0.25, 0.3) is 0 Å². The van der Waals surface area contributed by atoms with E-state index in [9.17, 15) is 10.0 Å². The minimum Gasteiger partial charge on any atom is -0.298 e. The number of hydrogen-bond donors (Lipinski definition) is 0. The zero-order valence-electron chi connectivity index (χ0n) is 8.22. The van der Waals surface area contributed by atoms with Crippen LogP contribution in [0.4, 0.5) is 0 Å². The largest absolute Gasteiger partial charge is 0.298 e. The third kappa shape index (κ3) is 1.35. The van der Waals surface area contributed by atoms with Crippen LogP contribution in [-0.4, -0.2) is 22.4 Å². The van der Waals surface area contributed by atoms with Gasteiger partial charge in [0.15, 0.2) is 0 Å². The summed E-state index contributed by atoms with van der Waals surface area (Å²) in [6.07, 6.45) is 0.793. The second-order valence-corrected chi connectivity index (χ2v) is 5.34. The Labute approximate surface area is 91.9 Å². The van der Waals surface area contributed by atoms with Crippen LogP contribution >= 0.6 is 22.6 Å². The van der Waals surface area contributed by atoms with Gasteiger partial charge in [0.2, 0.25) is 0 Å². The lowest BCUT2D eigenvalue weighted by Gasteiger charge is -2.33. The molecule has 3 nitrogen and oxygen atoms in total. The van der Waals surface area contributed by atoms with E-state index in [2.05, 4.69) is 22.6 Å². The van der Waals surface area contributed by atoms with Crippen molar-refractivity contribution in [3.63, 3.8) is 0 Å². The Kier molecular flexibility index (Phi) is 2.60. The number of halogens is 1. The van der Waals surface area contributed by atoms with Crippen LogP contribution in [0, 0.1) is 0 Å². The molecule has 0 aromatic carbocycles. The van der Waals surface area contributed by atoms with Crippen molar-refractivity contribution < 1.29 is 10.0 Å². The summed E-state index contributed by atoms with van der Waals surface area (Å²) >= 11 is 2.08. The van der Waals surface area contributed by atoms with E-state index < -0.39 is 11.1 Å². The Morgan fingerprint density at radius 2 is 1.69 bits per heavy atom. The van der Waals surface area contributed by atoms with Gasteiger partial charge in [-0.1, -0.05) is 0 Å². The van der Waals surface area contributed by atoms with Gasteiger partial charge in [-0.05, 0) is 50.3 Å². The lowest BCUT2D eigenvalue weighted by Crippen LogP contribution is -2.47. The van der Waals surface area contributed by atoms with Gasteiger partial charge < -0.3 is 0 Å². The molecule has 0 fully saturated rings. The fourth-order valence-electron chi connectivity index (χ4n) is 1.69. The van der Waals surface area contributed by atoms with E-state index in [0.717, 1.165) is 14.9 Å². The molecule has 0 aliphatic carbocycles. The van der Waals surface area contributed by atoms with E-state index in [1.165, 1.54) is 0 Å². The van der Waals surface area contributed by atoms with E-state index in [-0.39, 0.29) is 0 Å². The molecule has 1 aliphatic heterocycles. The Morgan fingerprint density at radius 3 is 1.85 bits per heavy atom. The number of hydrogen-bond acceptors (Lipinski definition) is 2. The Balaban J connectivity index is 3.31. The molecule has 0 aromatic rings. The molecule has 0 atom stereocenters. The van der Waals surface area contributed by atoms with Crippen molar-refractivity contribution in [2.45, 2.75) is 38.8 Å². The van der Waals surface area contributed by atoms with E-state index in [0.29, 0.717) is 5.57 Å². The zero-order chi connectivity index (χ0) is 10.4. The van der Waals surface area contributed by atoms with Crippen LogP contribution in [0.1, 0.15) is 27.7 Å². The molecule has 1 heterocycles. The maximum Gasteiger partial charge on any atom is 0.148 e. The molecule has 0 bridgehead atoms. The molecule has 0 saturated heterocycles. The highest BCUT2D eigenvalue weighted by molar-refractivity contribution is 14.1. The molecular weight excluding hydrogens is 281 g/mol.